The number of hydrogen-bond acceptors (Lipinski definition) is 2. The van der Waals surface area contributed by atoms with Crippen LogP contribution in [-0.4, -0.2) is 11.0 Å². The smallest absolute Gasteiger partial charge is 0.315 e. The molecule has 0 aliphatic heterocycles. The van der Waals surface area contributed by atoms with Gasteiger partial charge in [0.25, 0.3) is 0 Å². The summed E-state index contributed by atoms with van der Waals surface area (Å²) in [6, 6.07) is 9.47. The fourth-order valence-corrected chi connectivity index (χ4v) is 1.77. The average molecular weight is 294 g/mol. The van der Waals surface area contributed by atoms with Crippen molar-refractivity contribution < 1.29 is 9.18 Å². The largest absolute Gasteiger partial charge is 0.334 e. The molecule has 0 saturated carbocycles. The molecule has 20 heavy (non-hydrogen) atoms. The molecule has 104 valence electrons. The maximum atomic E-state index is 13.0. The van der Waals surface area contributed by atoms with Crippen LogP contribution in [0.4, 0.5) is 9.18 Å². The first-order valence-electron chi connectivity index (χ1n) is 6.00. The molecule has 2 amide bonds. The van der Waals surface area contributed by atoms with E-state index in [1.807, 2.05) is 18.2 Å². The van der Waals surface area contributed by atoms with Crippen LogP contribution in [0.1, 0.15) is 11.3 Å². The van der Waals surface area contributed by atoms with Crippen LogP contribution in [-0.2, 0) is 13.1 Å². The van der Waals surface area contributed by atoms with Gasteiger partial charge in [0.1, 0.15) is 5.82 Å². The lowest BCUT2D eigenvalue weighted by Crippen LogP contribution is -2.34. The predicted octanol–water partition coefficient (Wildman–Crippen LogP) is 2.87. The van der Waals surface area contributed by atoms with Gasteiger partial charge in [-0.25, -0.2) is 9.18 Å². The number of urea groups is 1. The number of halogens is 2. The Balaban J connectivity index is 1.79. The molecule has 0 radical (unpaired) electrons. The van der Waals surface area contributed by atoms with Crippen LogP contribution in [0.3, 0.4) is 0 Å². The van der Waals surface area contributed by atoms with Gasteiger partial charge in [0.15, 0.2) is 0 Å². The summed E-state index contributed by atoms with van der Waals surface area (Å²) < 4.78 is 13.0. The third kappa shape index (κ3) is 4.20. The van der Waals surface area contributed by atoms with Crippen LogP contribution >= 0.6 is 11.6 Å². The fourth-order valence-electron chi connectivity index (χ4n) is 1.57. The van der Waals surface area contributed by atoms with Gasteiger partial charge >= 0.3 is 6.03 Å². The molecule has 0 fully saturated rings. The molecule has 1 aromatic heterocycles. The number of hydrogen-bond donors (Lipinski definition) is 2. The lowest BCUT2D eigenvalue weighted by Gasteiger charge is -2.07. The van der Waals surface area contributed by atoms with E-state index >= 15 is 0 Å². The molecule has 2 N–H and O–H groups in total. The highest BCUT2D eigenvalue weighted by molar-refractivity contribution is 6.30. The van der Waals surface area contributed by atoms with E-state index in [0.29, 0.717) is 6.54 Å². The summed E-state index contributed by atoms with van der Waals surface area (Å²) in [7, 11) is 0. The third-order valence-corrected chi connectivity index (χ3v) is 2.88. The van der Waals surface area contributed by atoms with Crippen molar-refractivity contribution in [1.82, 2.24) is 15.6 Å². The Hall–Kier alpha value is -2.14. The van der Waals surface area contributed by atoms with Crippen molar-refractivity contribution in [1.29, 1.82) is 0 Å². The Bertz CT molecular complexity index is 592. The van der Waals surface area contributed by atoms with Gasteiger partial charge in [0, 0.05) is 12.7 Å². The molecule has 1 aromatic carbocycles. The lowest BCUT2D eigenvalue weighted by atomic mass is 10.2. The van der Waals surface area contributed by atoms with Crippen LogP contribution in [0.2, 0.25) is 5.02 Å². The minimum Gasteiger partial charge on any atom is -0.334 e. The van der Waals surface area contributed by atoms with Crippen molar-refractivity contribution >= 4 is 17.6 Å². The molecular formula is C14H13ClFN3O. The molecule has 0 saturated heterocycles. The number of rotatable bonds is 4. The Morgan fingerprint density at radius 3 is 2.70 bits per heavy atom. The Morgan fingerprint density at radius 1 is 1.20 bits per heavy atom. The van der Waals surface area contributed by atoms with Gasteiger partial charge in [0.05, 0.1) is 17.3 Å². The number of nitrogens with one attached hydrogen (secondary N) is 2. The molecule has 6 heteroatoms. The van der Waals surface area contributed by atoms with Crippen molar-refractivity contribution in [3.8, 4) is 0 Å². The molecule has 4 nitrogen and oxygen atoms in total. The normalized spacial score (nSPS) is 10.1. The van der Waals surface area contributed by atoms with Gasteiger partial charge < -0.3 is 10.6 Å². The highest BCUT2D eigenvalue weighted by Crippen LogP contribution is 2.15. The second-order valence-electron chi connectivity index (χ2n) is 4.11. The number of nitrogens with zero attached hydrogens (tertiary/aromatic N) is 1. The minimum absolute atomic E-state index is 0.0400. The zero-order chi connectivity index (χ0) is 14.4. The van der Waals surface area contributed by atoms with E-state index in [9.17, 15) is 9.18 Å². The Labute approximate surface area is 121 Å². The standard InChI is InChI=1S/C14H13ClFN3O/c15-12-7-10(4-5-13(12)16)8-18-14(20)19-9-11-3-1-2-6-17-11/h1-7H,8-9H2,(H2,18,19,20). The zero-order valence-electron chi connectivity index (χ0n) is 10.6. The summed E-state index contributed by atoms with van der Waals surface area (Å²) in [4.78, 5) is 15.7. The Morgan fingerprint density at radius 2 is 2.00 bits per heavy atom. The quantitative estimate of drug-likeness (QED) is 0.911. The number of carbonyl (C=O) groups is 1. The molecule has 2 rings (SSSR count). The lowest BCUT2D eigenvalue weighted by molar-refractivity contribution is 0.240. The maximum Gasteiger partial charge on any atom is 0.315 e. The number of pyridine rings is 1. The second-order valence-corrected chi connectivity index (χ2v) is 4.51. The maximum absolute atomic E-state index is 13.0. The summed E-state index contributed by atoms with van der Waals surface area (Å²) in [5.41, 5.74) is 1.50. The van der Waals surface area contributed by atoms with Crippen LogP contribution < -0.4 is 10.6 Å². The number of aromatic nitrogens is 1. The van der Waals surface area contributed by atoms with Crippen molar-refractivity contribution in [3.05, 3.63) is 64.7 Å². The Kier molecular flexibility index (Phi) is 4.90. The van der Waals surface area contributed by atoms with Crippen molar-refractivity contribution in [2.45, 2.75) is 13.1 Å². The van der Waals surface area contributed by atoms with E-state index in [1.54, 1.807) is 12.3 Å². The SMILES string of the molecule is O=C(NCc1ccc(F)c(Cl)c1)NCc1ccccn1. The molecule has 1 heterocycles. The van der Waals surface area contributed by atoms with Crippen LogP contribution in [0.5, 0.6) is 0 Å². The second kappa shape index (κ2) is 6.86. The van der Waals surface area contributed by atoms with Gasteiger partial charge in [-0.05, 0) is 29.8 Å². The van der Waals surface area contributed by atoms with E-state index < -0.39 is 5.82 Å². The van der Waals surface area contributed by atoms with Crippen molar-refractivity contribution in [3.63, 3.8) is 0 Å². The first-order chi connectivity index (χ1) is 9.65. The van der Waals surface area contributed by atoms with Gasteiger partial charge in [-0.1, -0.05) is 23.7 Å². The molecule has 0 atom stereocenters. The van der Waals surface area contributed by atoms with E-state index in [0.717, 1.165) is 11.3 Å². The summed E-state index contributed by atoms with van der Waals surface area (Å²) in [6.07, 6.45) is 1.66. The molecule has 2 aromatic rings. The minimum atomic E-state index is -0.477. The summed E-state index contributed by atoms with van der Waals surface area (Å²) >= 11 is 5.66. The van der Waals surface area contributed by atoms with E-state index in [-0.39, 0.29) is 17.6 Å². The van der Waals surface area contributed by atoms with E-state index in [2.05, 4.69) is 15.6 Å². The van der Waals surface area contributed by atoms with E-state index in [1.165, 1.54) is 12.1 Å². The summed E-state index contributed by atoms with van der Waals surface area (Å²) in [6.45, 7) is 0.616. The first-order valence-corrected chi connectivity index (χ1v) is 6.38. The van der Waals surface area contributed by atoms with Crippen molar-refractivity contribution in [2.24, 2.45) is 0 Å². The van der Waals surface area contributed by atoms with Crippen LogP contribution in [0, 0.1) is 5.82 Å². The van der Waals surface area contributed by atoms with Crippen molar-refractivity contribution in [2.75, 3.05) is 0 Å². The van der Waals surface area contributed by atoms with Gasteiger partial charge in [-0.15, -0.1) is 0 Å². The highest BCUT2D eigenvalue weighted by atomic mass is 35.5. The first kappa shape index (κ1) is 14.3. The van der Waals surface area contributed by atoms with Crippen LogP contribution in [0.25, 0.3) is 0 Å². The summed E-state index contributed by atoms with van der Waals surface area (Å²) in [5.74, 6) is -0.477. The van der Waals surface area contributed by atoms with Gasteiger partial charge in [-0.2, -0.15) is 0 Å². The van der Waals surface area contributed by atoms with Gasteiger partial charge in [-0.3, -0.25) is 4.98 Å². The number of benzene rings is 1. The molecule has 0 spiro atoms. The molecular weight excluding hydrogens is 281 g/mol. The third-order valence-electron chi connectivity index (χ3n) is 2.59. The number of carbonyl (C=O) groups excluding carboxylic acids is 1. The topological polar surface area (TPSA) is 54.0 Å². The fraction of sp³-hybridized carbons (Fsp3) is 0.143. The number of amides is 2. The molecule has 0 bridgehead atoms. The highest BCUT2D eigenvalue weighted by Gasteiger charge is 2.03. The zero-order valence-corrected chi connectivity index (χ0v) is 11.3. The predicted molar refractivity (Wildman–Crippen MR) is 74.7 cm³/mol. The summed E-state index contributed by atoms with van der Waals surface area (Å²) in [5, 5.41) is 5.37. The monoisotopic (exact) mass is 293 g/mol. The molecule has 0 aliphatic rings. The average Bonchev–Trinajstić information content (AvgIpc) is 2.47. The molecule has 0 unspecified atom stereocenters. The van der Waals surface area contributed by atoms with Crippen LogP contribution in [0.15, 0.2) is 42.6 Å². The van der Waals surface area contributed by atoms with Gasteiger partial charge in [0.2, 0.25) is 0 Å². The molecule has 0 aliphatic carbocycles. The van der Waals surface area contributed by atoms with E-state index in [4.69, 9.17) is 11.6 Å².